The van der Waals surface area contributed by atoms with E-state index in [0.717, 1.165) is 0 Å². The third kappa shape index (κ3) is 4.07. The third-order valence-electron chi connectivity index (χ3n) is 4.85. The predicted molar refractivity (Wildman–Crippen MR) is 117 cm³/mol. The van der Waals surface area contributed by atoms with Gasteiger partial charge in [-0.3, -0.25) is 5.10 Å². The van der Waals surface area contributed by atoms with Crippen molar-refractivity contribution in [3.63, 3.8) is 0 Å². The standard InChI is InChI=1S/C18H16ClF3N6O.2ClH/c1-6(17-25-16(23)11-13(15(21)22)27-28-18(11)26-17)8-3-9(19)12(20)10(14(8)29-2)7-4-24-5-7;;/h3-4,6,15,24H,5H2,1-2H3,(H3,23,25,26,27,28);2*1H. The number of aromatic nitrogens is 4. The van der Waals surface area contributed by atoms with Crippen LogP contribution in [0.4, 0.5) is 19.0 Å². The van der Waals surface area contributed by atoms with Crippen molar-refractivity contribution in [2.75, 3.05) is 19.4 Å². The number of nitrogen functional groups attached to an aromatic ring is 1. The van der Waals surface area contributed by atoms with Gasteiger partial charge in [0.1, 0.15) is 23.1 Å². The van der Waals surface area contributed by atoms with Crippen LogP contribution >= 0.6 is 36.4 Å². The first-order valence-electron chi connectivity index (χ1n) is 8.61. The minimum absolute atomic E-state index is 0. The van der Waals surface area contributed by atoms with E-state index in [0.29, 0.717) is 23.4 Å². The molecular weight excluding hydrogens is 480 g/mol. The van der Waals surface area contributed by atoms with Crippen LogP contribution in [-0.4, -0.2) is 33.8 Å². The molecule has 0 saturated heterocycles. The van der Waals surface area contributed by atoms with Gasteiger partial charge < -0.3 is 15.8 Å². The summed E-state index contributed by atoms with van der Waals surface area (Å²) in [6.07, 6.45) is -1.13. The Morgan fingerprint density at radius 1 is 1.26 bits per heavy atom. The number of benzene rings is 1. The number of alkyl halides is 2. The maximum Gasteiger partial charge on any atom is 0.280 e. The van der Waals surface area contributed by atoms with E-state index in [1.54, 1.807) is 13.1 Å². The van der Waals surface area contributed by atoms with Crippen LogP contribution in [0.5, 0.6) is 5.75 Å². The van der Waals surface area contributed by atoms with Crippen molar-refractivity contribution in [1.82, 2.24) is 25.5 Å². The monoisotopic (exact) mass is 496 g/mol. The van der Waals surface area contributed by atoms with E-state index >= 15 is 0 Å². The molecule has 13 heteroatoms. The van der Waals surface area contributed by atoms with Crippen molar-refractivity contribution in [2.45, 2.75) is 19.3 Å². The van der Waals surface area contributed by atoms with Crippen molar-refractivity contribution >= 4 is 58.8 Å². The fourth-order valence-electron chi connectivity index (χ4n) is 3.30. The Kier molecular flexibility index (Phi) is 7.51. The van der Waals surface area contributed by atoms with E-state index < -0.39 is 23.9 Å². The van der Waals surface area contributed by atoms with E-state index in [1.165, 1.54) is 13.2 Å². The summed E-state index contributed by atoms with van der Waals surface area (Å²) < 4.78 is 46.4. The van der Waals surface area contributed by atoms with Gasteiger partial charge in [0.15, 0.2) is 11.5 Å². The molecule has 3 aromatic rings. The zero-order valence-corrected chi connectivity index (χ0v) is 18.6. The lowest BCUT2D eigenvalue weighted by Gasteiger charge is -2.24. The number of hydrogen-bond acceptors (Lipinski definition) is 6. The highest BCUT2D eigenvalue weighted by Gasteiger charge is 2.28. The number of aromatic amines is 1. The number of anilines is 1. The molecule has 2 aromatic heterocycles. The minimum Gasteiger partial charge on any atom is -0.496 e. The average Bonchev–Trinajstić information content (AvgIpc) is 3.08. The van der Waals surface area contributed by atoms with Crippen LogP contribution < -0.4 is 15.8 Å². The molecule has 0 fully saturated rings. The number of nitrogens with one attached hydrogen (secondary N) is 2. The van der Waals surface area contributed by atoms with Gasteiger partial charge in [0, 0.05) is 29.8 Å². The minimum atomic E-state index is -2.79. The second kappa shape index (κ2) is 9.37. The molecule has 0 amide bonds. The molecule has 0 spiro atoms. The number of nitrogens with zero attached hydrogens (tertiary/aromatic N) is 3. The summed E-state index contributed by atoms with van der Waals surface area (Å²) in [7, 11) is 1.43. The smallest absolute Gasteiger partial charge is 0.280 e. The van der Waals surface area contributed by atoms with Crippen LogP contribution in [0, 0.1) is 5.82 Å². The zero-order valence-electron chi connectivity index (χ0n) is 16.2. The number of fused-ring (bicyclic) bond motifs is 1. The van der Waals surface area contributed by atoms with Gasteiger partial charge in [0.05, 0.1) is 23.1 Å². The zero-order chi connectivity index (χ0) is 20.9. The summed E-state index contributed by atoms with van der Waals surface area (Å²) in [4.78, 5) is 8.45. The highest BCUT2D eigenvalue weighted by atomic mass is 35.5. The van der Waals surface area contributed by atoms with Gasteiger partial charge >= 0.3 is 0 Å². The molecular formula is C18H18Cl3F3N6O. The van der Waals surface area contributed by atoms with Crippen LogP contribution in [0.15, 0.2) is 12.3 Å². The molecule has 0 radical (unpaired) electrons. The van der Waals surface area contributed by atoms with Crippen molar-refractivity contribution in [3.8, 4) is 5.75 Å². The second-order valence-electron chi connectivity index (χ2n) is 6.55. The number of methoxy groups -OCH3 is 1. The number of H-pyrrole nitrogens is 1. The highest BCUT2D eigenvalue weighted by molar-refractivity contribution is 6.31. The molecule has 1 aromatic carbocycles. The number of hydrogen-bond donors (Lipinski definition) is 3. The Bertz CT molecular complexity index is 1150. The van der Waals surface area contributed by atoms with Crippen molar-refractivity contribution in [2.24, 2.45) is 0 Å². The Hall–Kier alpha value is -2.43. The fraction of sp³-hybridized carbons (Fsp3) is 0.278. The molecule has 168 valence electrons. The summed E-state index contributed by atoms with van der Waals surface area (Å²) in [5, 5.41) is 8.89. The number of nitrogens with two attached hydrogens (primary N) is 1. The second-order valence-corrected chi connectivity index (χ2v) is 6.95. The number of halogens is 6. The maximum atomic E-state index is 14.7. The molecule has 31 heavy (non-hydrogen) atoms. The SMILES string of the molecule is COc1c(C(C)c2nc(N)c3c(C(F)F)[nH]nc3n2)cc(Cl)c(F)c1C1=CNC1.Cl.Cl. The normalized spacial score (nSPS) is 13.6. The van der Waals surface area contributed by atoms with Gasteiger partial charge in [-0.05, 0) is 6.07 Å². The van der Waals surface area contributed by atoms with Crippen LogP contribution in [0.2, 0.25) is 5.02 Å². The molecule has 0 bridgehead atoms. The first kappa shape index (κ1) is 24.8. The molecule has 0 saturated carbocycles. The largest absolute Gasteiger partial charge is 0.496 e. The van der Waals surface area contributed by atoms with Crippen molar-refractivity contribution in [3.05, 3.63) is 45.8 Å². The van der Waals surface area contributed by atoms with Crippen molar-refractivity contribution < 1.29 is 17.9 Å². The summed E-state index contributed by atoms with van der Waals surface area (Å²) in [5.41, 5.74) is 6.99. The molecule has 1 unspecified atom stereocenters. The van der Waals surface area contributed by atoms with Crippen LogP contribution in [-0.2, 0) is 0 Å². The summed E-state index contributed by atoms with van der Waals surface area (Å²) in [6, 6.07) is 1.44. The first-order chi connectivity index (χ1) is 13.8. The lowest BCUT2D eigenvalue weighted by atomic mass is 9.92. The molecule has 7 nitrogen and oxygen atoms in total. The molecule has 4 rings (SSSR count). The lowest BCUT2D eigenvalue weighted by molar-refractivity contribution is 0.147. The highest BCUT2D eigenvalue weighted by Crippen LogP contribution is 2.42. The van der Waals surface area contributed by atoms with E-state index in [-0.39, 0.29) is 58.1 Å². The Labute approximate surface area is 192 Å². The number of ether oxygens (including phenoxy) is 1. The Morgan fingerprint density at radius 3 is 2.48 bits per heavy atom. The van der Waals surface area contributed by atoms with Crippen LogP contribution in [0.3, 0.4) is 0 Å². The van der Waals surface area contributed by atoms with Crippen LogP contribution in [0.25, 0.3) is 16.6 Å². The van der Waals surface area contributed by atoms with Gasteiger partial charge in [-0.25, -0.2) is 23.1 Å². The maximum absolute atomic E-state index is 14.7. The van der Waals surface area contributed by atoms with E-state index in [4.69, 9.17) is 22.1 Å². The van der Waals surface area contributed by atoms with Gasteiger partial charge in [0.2, 0.25) is 0 Å². The molecule has 1 atom stereocenters. The summed E-state index contributed by atoms with van der Waals surface area (Å²) in [5.74, 6) is -0.732. The van der Waals surface area contributed by atoms with E-state index in [2.05, 4.69) is 25.5 Å². The molecule has 1 aliphatic rings. The topological polar surface area (TPSA) is 102 Å². The van der Waals surface area contributed by atoms with Crippen molar-refractivity contribution in [1.29, 1.82) is 0 Å². The molecule has 3 heterocycles. The molecule has 1 aliphatic heterocycles. The van der Waals surface area contributed by atoms with Gasteiger partial charge in [-0.2, -0.15) is 5.10 Å². The Morgan fingerprint density at radius 2 is 1.94 bits per heavy atom. The van der Waals surface area contributed by atoms with E-state index in [1.807, 2.05) is 0 Å². The number of rotatable bonds is 5. The summed E-state index contributed by atoms with van der Waals surface area (Å²) in [6.45, 7) is 2.23. The van der Waals surface area contributed by atoms with Gasteiger partial charge in [0.25, 0.3) is 6.43 Å². The van der Waals surface area contributed by atoms with Crippen LogP contribution in [0.1, 0.15) is 41.9 Å². The molecule has 4 N–H and O–H groups in total. The Balaban J connectivity index is 0.00000171. The quantitative estimate of drug-likeness (QED) is 0.476. The predicted octanol–water partition coefficient (Wildman–Crippen LogP) is 4.61. The first-order valence-corrected chi connectivity index (χ1v) is 8.99. The van der Waals surface area contributed by atoms with E-state index in [9.17, 15) is 13.2 Å². The summed E-state index contributed by atoms with van der Waals surface area (Å²) >= 11 is 6.12. The average molecular weight is 498 g/mol. The third-order valence-corrected chi connectivity index (χ3v) is 5.13. The fourth-order valence-corrected chi connectivity index (χ4v) is 3.52. The van der Waals surface area contributed by atoms with Gasteiger partial charge in [-0.1, -0.05) is 18.5 Å². The lowest BCUT2D eigenvalue weighted by Crippen LogP contribution is -2.22. The molecule has 0 aliphatic carbocycles. The van der Waals surface area contributed by atoms with Gasteiger partial charge in [-0.15, -0.1) is 24.8 Å².